The van der Waals surface area contributed by atoms with Crippen LogP contribution in [0.2, 0.25) is 0 Å². The van der Waals surface area contributed by atoms with E-state index >= 15 is 0 Å². The monoisotopic (exact) mass is 493 g/mol. The molecule has 0 amide bonds. The van der Waals surface area contributed by atoms with Gasteiger partial charge < -0.3 is 36.3 Å². The maximum Gasteiger partial charge on any atom is 0.231 e. The Morgan fingerprint density at radius 1 is 1.14 bits per heavy atom. The molecule has 6 rings (SSSR count). The third-order valence-electron chi connectivity index (χ3n) is 6.92. The van der Waals surface area contributed by atoms with Gasteiger partial charge in [-0.3, -0.25) is 0 Å². The zero-order valence-corrected chi connectivity index (χ0v) is 20.6. The number of halogens is 1. The first-order valence-corrected chi connectivity index (χ1v) is 11.8. The summed E-state index contributed by atoms with van der Waals surface area (Å²) in [5.74, 6) is 3.33. The second-order valence-electron chi connectivity index (χ2n) is 8.95. The molecule has 0 unspecified atom stereocenters. The zero-order valence-electron chi connectivity index (χ0n) is 19.9. The number of rotatable bonds is 6. The Bertz CT molecular complexity index is 1420. The lowest BCUT2D eigenvalue weighted by molar-refractivity contribution is -0.686. The number of phenols is 1. The minimum atomic E-state index is 0. The first-order valence-electron chi connectivity index (χ1n) is 11.8. The van der Waals surface area contributed by atoms with Crippen molar-refractivity contribution in [2.45, 2.75) is 45.7 Å². The Morgan fingerprint density at radius 3 is 2.77 bits per heavy atom. The number of fused-ring (bicyclic) bond motifs is 5. The molecule has 0 saturated carbocycles. The highest BCUT2D eigenvalue weighted by molar-refractivity contribution is 5.94. The lowest BCUT2D eigenvalue weighted by atomic mass is 9.94. The maximum atomic E-state index is 11.0. The predicted octanol–water partition coefficient (Wildman–Crippen LogP) is 1.38. The molecular weight excluding hydrogens is 466 g/mol. The van der Waals surface area contributed by atoms with E-state index in [0.29, 0.717) is 12.3 Å². The van der Waals surface area contributed by atoms with E-state index in [0.717, 1.165) is 77.1 Å². The lowest BCUT2D eigenvalue weighted by Crippen LogP contribution is -3.00. The molecule has 2 aliphatic heterocycles. The highest BCUT2D eigenvalue weighted by Crippen LogP contribution is 2.42. The van der Waals surface area contributed by atoms with Gasteiger partial charge in [-0.1, -0.05) is 13.3 Å². The van der Waals surface area contributed by atoms with Crippen LogP contribution in [0.5, 0.6) is 23.0 Å². The van der Waals surface area contributed by atoms with Crippen LogP contribution in [0.1, 0.15) is 36.7 Å². The van der Waals surface area contributed by atoms with Crippen LogP contribution in [0.3, 0.4) is 0 Å². The van der Waals surface area contributed by atoms with Crippen LogP contribution < -0.4 is 31.2 Å². The number of imidazole rings is 1. The fourth-order valence-corrected chi connectivity index (χ4v) is 5.09. The molecule has 2 aliphatic rings. The molecule has 4 aromatic rings. The van der Waals surface area contributed by atoms with Crippen molar-refractivity contribution in [1.29, 1.82) is 0 Å². The third kappa shape index (κ3) is 3.93. The molecule has 8 heteroatoms. The number of hydrogen-bond donors (Lipinski definition) is 1. The van der Waals surface area contributed by atoms with Crippen LogP contribution in [0.25, 0.3) is 22.0 Å². The standard InChI is InChI=1S/C27H27N3O4.ClH/c1-3-4-5-26-28-7-9-30(26)14-18-11-25(32-2)27(31)21-15-29-8-6-17-10-23-24(34-16-33-23)13-20(17)22(29)12-19(18)21;/h7,9-13,15H,3-6,8,14,16H2,1-2H3;1H. The Balaban J connectivity index is 0.00000253. The van der Waals surface area contributed by atoms with E-state index in [2.05, 4.69) is 39.2 Å². The molecule has 0 saturated heterocycles. The zero-order chi connectivity index (χ0) is 23.2. The number of methoxy groups -OCH3 is 1. The molecule has 4 heterocycles. The first-order chi connectivity index (χ1) is 16.7. The SMILES string of the molecule is CCCCc1nccn1Cc1cc(OC)c(O)c2c[n+]3c(cc12)-c1cc2c(cc1CC3)OCO2.[Cl-]. The van der Waals surface area contributed by atoms with Gasteiger partial charge in [-0.15, -0.1) is 0 Å². The second-order valence-corrected chi connectivity index (χ2v) is 8.95. The van der Waals surface area contributed by atoms with Crippen LogP contribution in [-0.4, -0.2) is 28.6 Å². The molecular formula is C27H28ClN3O4. The summed E-state index contributed by atoms with van der Waals surface area (Å²) in [6, 6.07) is 8.31. The van der Waals surface area contributed by atoms with Crippen molar-refractivity contribution in [1.82, 2.24) is 9.55 Å². The minimum Gasteiger partial charge on any atom is -1.00 e. The van der Waals surface area contributed by atoms with Crippen LogP contribution in [0, 0.1) is 0 Å². The van der Waals surface area contributed by atoms with E-state index in [-0.39, 0.29) is 24.9 Å². The third-order valence-corrected chi connectivity index (χ3v) is 6.92. The number of nitrogens with zero attached hydrogens (tertiary/aromatic N) is 3. The molecule has 0 radical (unpaired) electrons. The van der Waals surface area contributed by atoms with Crippen LogP contribution in [0.15, 0.2) is 42.9 Å². The fraction of sp³-hybridized carbons (Fsp3) is 0.333. The molecule has 0 bridgehead atoms. The molecule has 35 heavy (non-hydrogen) atoms. The first kappa shape index (κ1) is 23.3. The topological polar surface area (TPSA) is 69.6 Å². The summed E-state index contributed by atoms with van der Waals surface area (Å²) in [5, 5.41) is 12.8. The molecule has 2 aromatic heterocycles. The van der Waals surface area contributed by atoms with Gasteiger partial charge in [0.25, 0.3) is 0 Å². The molecule has 7 nitrogen and oxygen atoms in total. The summed E-state index contributed by atoms with van der Waals surface area (Å²) in [7, 11) is 1.60. The Labute approximate surface area is 210 Å². The van der Waals surface area contributed by atoms with E-state index in [9.17, 15) is 5.11 Å². The van der Waals surface area contributed by atoms with E-state index in [1.165, 1.54) is 5.56 Å². The normalized spacial score (nSPS) is 13.3. The van der Waals surface area contributed by atoms with Gasteiger partial charge in [0.2, 0.25) is 12.5 Å². The van der Waals surface area contributed by atoms with Crippen LogP contribution >= 0.6 is 0 Å². The van der Waals surface area contributed by atoms with Crippen molar-refractivity contribution in [2.75, 3.05) is 13.9 Å². The summed E-state index contributed by atoms with van der Waals surface area (Å²) >= 11 is 0. The molecule has 1 N–H and O–H groups in total. The Hall–Kier alpha value is -3.45. The Kier molecular flexibility index (Phi) is 6.19. The average Bonchev–Trinajstić information content (AvgIpc) is 3.50. The molecule has 2 aromatic carbocycles. The fourth-order valence-electron chi connectivity index (χ4n) is 5.09. The van der Waals surface area contributed by atoms with Gasteiger partial charge in [0, 0.05) is 43.2 Å². The summed E-state index contributed by atoms with van der Waals surface area (Å²) in [6.45, 7) is 3.94. The average molecular weight is 494 g/mol. The van der Waals surface area contributed by atoms with Gasteiger partial charge in [-0.2, -0.15) is 4.57 Å². The maximum absolute atomic E-state index is 11.0. The minimum absolute atomic E-state index is 0. The molecule has 182 valence electrons. The smallest absolute Gasteiger partial charge is 0.231 e. The number of aromatic hydroxyl groups is 1. The van der Waals surface area contributed by atoms with E-state index in [1.807, 2.05) is 24.7 Å². The number of phenolic OH excluding ortho intramolecular Hbond substituents is 1. The summed E-state index contributed by atoms with van der Waals surface area (Å²) in [6.07, 6.45) is 10.0. The quantitative estimate of drug-likeness (QED) is 0.411. The number of pyridine rings is 1. The highest BCUT2D eigenvalue weighted by Gasteiger charge is 2.29. The van der Waals surface area contributed by atoms with Crippen molar-refractivity contribution in [3.05, 3.63) is 59.8 Å². The molecule has 0 atom stereocenters. The molecule has 0 spiro atoms. The van der Waals surface area contributed by atoms with Gasteiger partial charge in [-0.05, 0) is 35.7 Å². The number of hydrogen-bond acceptors (Lipinski definition) is 5. The summed E-state index contributed by atoms with van der Waals surface area (Å²) in [5.41, 5.74) is 4.58. The molecule has 0 fully saturated rings. The van der Waals surface area contributed by atoms with Crippen molar-refractivity contribution >= 4 is 10.8 Å². The number of ether oxygens (including phenoxy) is 3. The highest BCUT2D eigenvalue weighted by atomic mass is 35.5. The summed E-state index contributed by atoms with van der Waals surface area (Å²) in [4.78, 5) is 4.58. The number of aromatic nitrogens is 3. The molecule has 0 aliphatic carbocycles. The van der Waals surface area contributed by atoms with Crippen LogP contribution in [-0.2, 0) is 25.9 Å². The van der Waals surface area contributed by atoms with Gasteiger partial charge >= 0.3 is 0 Å². The van der Waals surface area contributed by atoms with Gasteiger partial charge in [0.15, 0.2) is 35.7 Å². The van der Waals surface area contributed by atoms with Crippen molar-refractivity contribution in [3.63, 3.8) is 0 Å². The Morgan fingerprint density at radius 2 is 1.97 bits per heavy atom. The number of benzene rings is 2. The van der Waals surface area contributed by atoms with Crippen molar-refractivity contribution < 1.29 is 36.3 Å². The van der Waals surface area contributed by atoms with Gasteiger partial charge in [0.05, 0.1) is 18.1 Å². The second kappa shape index (κ2) is 9.30. The lowest BCUT2D eigenvalue weighted by Gasteiger charge is -2.18. The van der Waals surface area contributed by atoms with E-state index < -0.39 is 0 Å². The van der Waals surface area contributed by atoms with Crippen LogP contribution in [0.4, 0.5) is 0 Å². The van der Waals surface area contributed by atoms with Crippen molar-refractivity contribution in [3.8, 4) is 34.3 Å². The number of unbranched alkanes of at least 4 members (excludes halogenated alkanes) is 1. The number of aryl methyl sites for hydroxylation is 3. The van der Waals surface area contributed by atoms with Crippen molar-refractivity contribution in [2.24, 2.45) is 0 Å². The summed E-state index contributed by atoms with van der Waals surface area (Å²) < 4.78 is 21.2. The van der Waals surface area contributed by atoms with Gasteiger partial charge in [-0.25, -0.2) is 4.98 Å². The van der Waals surface area contributed by atoms with E-state index in [4.69, 9.17) is 14.2 Å². The largest absolute Gasteiger partial charge is 1.00 e. The van der Waals surface area contributed by atoms with Gasteiger partial charge in [0.1, 0.15) is 5.82 Å². The predicted molar refractivity (Wildman–Crippen MR) is 128 cm³/mol. The van der Waals surface area contributed by atoms with E-state index in [1.54, 1.807) is 7.11 Å².